The van der Waals surface area contributed by atoms with E-state index in [1.54, 1.807) is 0 Å². The van der Waals surface area contributed by atoms with Crippen molar-refractivity contribution < 1.29 is 14.7 Å². The number of rotatable bonds is 6. The Morgan fingerprint density at radius 3 is 2.45 bits per heavy atom. The van der Waals surface area contributed by atoms with E-state index in [-0.39, 0.29) is 17.7 Å². The lowest BCUT2D eigenvalue weighted by Crippen LogP contribution is -2.42. The quantitative estimate of drug-likeness (QED) is 0.879. The van der Waals surface area contributed by atoms with Crippen LogP contribution in [0.3, 0.4) is 0 Å². The molecule has 0 radical (unpaired) electrons. The summed E-state index contributed by atoms with van der Waals surface area (Å²) in [5, 5.41) is 8.99. The third kappa shape index (κ3) is 4.58. The number of carboxylic acids is 1. The molecule has 1 aliphatic heterocycles. The van der Waals surface area contributed by atoms with Gasteiger partial charge in [-0.15, -0.1) is 0 Å². The molecule has 1 aromatic rings. The second kappa shape index (κ2) is 7.97. The van der Waals surface area contributed by atoms with Gasteiger partial charge in [0.25, 0.3) is 0 Å². The second-order valence-electron chi connectivity index (χ2n) is 6.22. The summed E-state index contributed by atoms with van der Waals surface area (Å²) in [5.74, 6) is -0.817. The SMILES string of the molecule is CC(CCCc1ccccc1)C(=O)N1CCC(C(=O)O)CC1. The monoisotopic (exact) mass is 303 g/mol. The number of piperidine rings is 1. The van der Waals surface area contributed by atoms with Crippen molar-refractivity contribution in [3.8, 4) is 0 Å². The number of nitrogens with zero attached hydrogens (tertiary/aromatic N) is 1. The Morgan fingerprint density at radius 1 is 1.23 bits per heavy atom. The Labute approximate surface area is 132 Å². The highest BCUT2D eigenvalue weighted by atomic mass is 16.4. The molecule has 0 spiro atoms. The maximum atomic E-state index is 12.4. The third-order valence-corrected chi connectivity index (χ3v) is 4.52. The lowest BCUT2D eigenvalue weighted by Gasteiger charge is -2.32. The van der Waals surface area contributed by atoms with Crippen molar-refractivity contribution in [2.24, 2.45) is 11.8 Å². The molecule has 1 heterocycles. The van der Waals surface area contributed by atoms with Gasteiger partial charge in [-0.25, -0.2) is 0 Å². The van der Waals surface area contributed by atoms with E-state index in [9.17, 15) is 9.59 Å². The molecule has 1 saturated heterocycles. The fourth-order valence-electron chi connectivity index (χ4n) is 3.04. The Balaban J connectivity index is 1.72. The molecule has 22 heavy (non-hydrogen) atoms. The number of aryl methyl sites for hydroxylation is 1. The highest BCUT2D eigenvalue weighted by molar-refractivity contribution is 5.79. The summed E-state index contributed by atoms with van der Waals surface area (Å²) in [4.78, 5) is 25.2. The van der Waals surface area contributed by atoms with Gasteiger partial charge in [0.1, 0.15) is 0 Å². The molecule has 0 saturated carbocycles. The summed E-state index contributed by atoms with van der Waals surface area (Å²) < 4.78 is 0. The smallest absolute Gasteiger partial charge is 0.306 e. The number of amides is 1. The fraction of sp³-hybridized carbons (Fsp3) is 0.556. The van der Waals surface area contributed by atoms with E-state index < -0.39 is 5.97 Å². The fourth-order valence-corrected chi connectivity index (χ4v) is 3.04. The van der Waals surface area contributed by atoms with Crippen molar-refractivity contribution in [3.05, 3.63) is 35.9 Å². The summed E-state index contributed by atoms with van der Waals surface area (Å²) in [6.07, 6.45) is 4.05. The minimum atomic E-state index is -0.733. The molecule has 4 heteroatoms. The molecule has 4 nitrogen and oxygen atoms in total. The van der Waals surface area contributed by atoms with Crippen LogP contribution in [0.25, 0.3) is 0 Å². The summed E-state index contributed by atoms with van der Waals surface area (Å²) in [5.41, 5.74) is 1.31. The number of likely N-dealkylation sites (tertiary alicyclic amines) is 1. The van der Waals surface area contributed by atoms with Crippen molar-refractivity contribution >= 4 is 11.9 Å². The maximum absolute atomic E-state index is 12.4. The molecule has 1 aliphatic rings. The van der Waals surface area contributed by atoms with Crippen molar-refractivity contribution in [1.82, 2.24) is 4.90 Å². The van der Waals surface area contributed by atoms with Crippen LogP contribution >= 0.6 is 0 Å². The molecule has 1 unspecified atom stereocenters. The molecular weight excluding hydrogens is 278 g/mol. The molecule has 1 aromatic carbocycles. The zero-order chi connectivity index (χ0) is 15.9. The molecule has 0 aromatic heterocycles. The second-order valence-corrected chi connectivity index (χ2v) is 6.22. The van der Waals surface area contributed by atoms with E-state index >= 15 is 0 Å². The van der Waals surface area contributed by atoms with Gasteiger partial charge in [0.15, 0.2) is 0 Å². The first-order valence-electron chi connectivity index (χ1n) is 8.13. The first kappa shape index (κ1) is 16.5. The third-order valence-electron chi connectivity index (χ3n) is 4.52. The standard InChI is InChI=1S/C18H25NO3/c1-14(6-5-9-15-7-3-2-4-8-15)17(20)19-12-10-16(11-13-19)18(21)22/h2-4,7-8,14,16H,5-6,9-13H2,1H3,(H,21,22). The minimum Gasteiger partial charge on any atom is -0.481 e. The van der Waals surface area contributed by atoms with E-state index in [4.69, 9.17) is 5.11 Å². The number of hydrogen-bond donors (Lipinski definition) is 1. The van der Waals surface area contributed by atoms with Crippen molar-refractivity contribution in [2.75, 3.05) is 13.1 Å². The average molecular weight is 303 g/mol. The molecule has 120 valence electrons. The number of hydrogen-bond acceptors (Lipinski definition) is 2. The van der Waals surface area contributed by atoms with Gasteiger partial charge in [0.05, 0.1) is 5.92 Å². The Hall–Kier alpha value is -1.84. The van der Waals surface area contributed by atoms with Crippen LogP contribution in [0, 0.1) is 11.8 Å². The molecule has 1 amide bonds. The van der Waals surface area contributed by atoms with Crippen molar-refractivity contribution in [2.45, 2.75) is 39.0 Å². The van der Waals surface area contributed by atoms with Crippen LogP contribution in [0.2, 0.25) is 0 Å². The number of carbonyl (C=O) groups excluding carboxylic acids is 1. The maximum Gasteiger partial charge on any atom is 0.306 e. The van der Waals surface area contributed by atoms with Gasteiger partial charge >= 0.3 is 5.97 Å². The zero-order valence-electron chi connectivity index (χ0n) is 13.2. The molecule has 1 fully saturated rings. The van der Waals surface area contributed by atoms with Crippen LogP contribution in [-0.4, -0.2) is 35.0 Å². The summed E-state index contributed by atoms with van der Waals surface area (Å²) in [6, 6.07) is 10.3. The Morgan fingerprint density at radius 2 is 1.86 bits per heavy atom. The lowest BCUT2D eigenvalue weighted by atomic mass is 9.94. The van der Waals surface area contributed by atoms with Crippen LogP contribution in [0.4, 0.5) is 0 Å². The van der Waals surface area contributed by atoms with Gasteiger partial charge in [-0.3, -0.25) is 9.59 Å². The van der Waals surface area contributed by atoms with Gasteiger partial charge in [0.2, 0.25) is 5.91 Å². The average Bonchev–Trinajstić information content (AvgIpc) is 2.55. The number of aliphatic carboxylic acids is 1. The van der Waals surface area contributed by atoms with E-state index in [2.05, 4.69) is 12.1 Å². The van der Waals surface area contributed by atoms with E-state index in [1.165, 1.54) is 5.56 Å². The predicted octanol–water partition coefficient (Wildman–Crippen LogP) is 2.97. The van der Waals surface area contributed by atoms with Crippen molar-refractivity contribution in [3.63, 3.8) is 0 Å². The molecular formula is C18H25NO3. The van der Waals surface area contributed by atoms with Gasteiger partial charge < -0.3 is 10.0 Å². The Kier molecular flexibility index (Phi) is 5.99. The van der Waals surface area contributed by atoms with Gasteiger partial charge in [-0.2, -0.15) is 0 Å². The molecule has 2 rings (SSSR count). The number of carbonyl (C=O) groups is 2. The molecule has 1 atom stereocenters. The molecule has 1 N–H and O–H groups in total. The minimum absolute atomic E-state index is 0.0186. The van der Waals surface area contributed by atoms with Crippen LogP contribution in [0.15, 0.2) is 30.3 Å². The van der Waals surface area contributed by atoms with Crippen molar-refractivity contribution in [1.29, 1.82) is 0 Å². The van der Waals surface area contributed by atoms with Crippen LogP contribution in [0.1, 0.15) is 38.2 Å². The number of benzene rings is 1. The van der Waals surface area contributed by atoms with E-state index in [0.717, 1.165) is 19.3 Å². The largest absolute Gasteiger partial charge is 0.481 e. The molecule has 0 aliphatic carbocycles. The van der Waals surface area contributed by atoms with Crippen LogP contribution in [-0.2, 0) is 16.0 Å². The highest BCUT2D eigenvalue weighted by Gasteiger charge is 2.28. The summed E-state index contributed by atoms with van der Waals surface area (Å²) in [6.45, 7) is 3.15. The van der Waals surface area contributed by atoms with Crippen LogP contribution in [0.5, 0.6) is 0 Å². The first-order valence-corrected chi connectivity index (χ1v) is 8.13. The Bertz CT molecular complexity index is 492. The predicted molar refractivity (Wildman–Crippen MR) is 85.5 cm³/mol. The number of carboxylic acid groups (broad SMARTS) is 1. The normalized spacial score (nSPS) is 17.2. The summed E-state index contributed by atoms with van der Waals surface area (Å²) >= 11 is 0. The van der Waals surface area contributed by atoms with Gasteiger partial charge in [-0.1, -0.05) is 37.3 Å². The first-order chi connectivity index (χ1) is 10.6. The van der Waals surface area contributed by atoms with Crippen LogP contribution < -0.4 is 0 Å². The topological polar surface area (TPSA) is 57.6 Å². The van der Waals surface area contributed by atoms with E-state index in [1.807, 2.05) is 30.0 Å². The van der Waals surface area contributed by atoms with Gasteiger partial charge in [-0.05, 0) is 37.7 Å². The highest BCUT2D eigenvalue weighted by Crippen LogP contribution is 2.20. The van der Waals surface area contributed by atoms with Gasteiger partial charge in [0, 0.05) is 19.0 Å². The molecule has 0 bridgehead atoms. The summed E-state index contributed by atoms with van der Waals surface area (Å²) in [7, 11) is 0. The lowest BCUT2D eigenvalue weighted by molar-refractivity contribution is -0.146. The zero-order valence-corrected chi connectivity index (χ0v) is 13.2. The van der Waals surface area contributed by atoms with E-state index in [0.29, 0.717) is 25.9 Å².